The van der Waals surface area contributed by atoms with Gasteiger partial charge in [-0.25, -0.2) is 9.59 Å². The van der Waals surface area contributed by atoms with E-state index in [1.54, 1.807) is 29.2 Å². The minimum absolute atomic E-state index is 0.284. The minimum Gasteiger partial charge on any atom is -0.479 e. The van der Waals surface area contributed by atoms with Gasteiger partial charge < -0.3 is 15.3 Å². The number of carbonyl (C=O) groups excluding carboxylic acids is 1. The second-order valence-electron chi connectivity index (χ2n) is 5.39. The first-order valence-electron chi connectivity index (χ1n) is 7.51. The molecular formula is C16H22N2O3. The average molecular weight is 290 g/mol. The second kappa shape index (κ2) is 7.67. The number of likely N-dealkylation sites (tertiary alicyclic amines) is 1. The lowest BCUT2D eigenvalue weighted by molar-refractivity contribution is -0.139. The minimum atomic E-state index is -1.04. The maximum atomic E-state index is 12.3. The molecule has 0 saturated carbocycles. The highest BCUT2D eigenvalue weighted by Crippen LogP contribution is 2.15. The van der Waals surface area contributed by atoms with Gasteiger partial charge in [-0.2, -0.15) is 0 Å². The zero-order valence-corrected chi connectivity index (χ0v) is 12.1. The first kappa shape index (κ1) is 15.4. The van der Waals surface area contributed by atoms with Gasteiger partial charge in [0.25, 0.3) is 0 Å². The van der Waals surface area contributed by atoms with Crippen LogP contribution >= 0.6 is 0 Å². The van der Waals surface area contributed by atoms with Gasteiger partial charge in [-0.1, -0.05) is 49.6 Å². The van der Waals surface area contributed by atoms with E-state index >= 15 is 0 Å². The highest BCUT2D eigenvalue weighted by Gasteiger charge is 2.24. The maximum Gasteiger partial charge on any atom is 0.330 e. The third-order valence-electron chi connectivity index (χ3n) is 3.79. The molecule has 0 unspecified atom stereocenters. The van der Waals surface area contributed by atoms with Gasteiger partial charge in [0.15, 0.2) is 6.04 Å². The molecule has 5 heteroatoms. The summed E-state index contributed by atoms with van der Waals surface area (Å²) in [6.07, 6.45) is 5.44. The van der Waals surface area contributed by atoms with Crippen molar-refractivity contribution in [2.45, 2.75) is 38.1 Å². The van der Waals surface area contributed by atoms with E-state index in [0.717, 1.165) is 25.7 Å². The van der Waals surface area contributed by atoms with Crippen LogP contribution in [0.4, 0.5) is 4.79 Å². The van der Waals surface area contributed by atoms with Gasteiger partial charge in [0.2, 0.25) is 0 Å². The van der Waals surface area contributed by atoms with Crippen LogP contribution in [0.2, 0.25) is 0 Å². The lowest BCUT2D eigenvalue weighted by atomic mass is 10.1. The van der Waals surface area contributed by atoms with Crippen LogP contribution in [0, 0.1) is 0 Å². The molecule has 1 saturated heterocycles. The maximum absolute atomic E-state index is 12.3. The van der Waals surface area contributed by atoms with Crippen LogP contribution in [0.5, 0.6) is 0 Å². The SMILES string of the molecule is O=C(O)[C@H](NC(=O)N1CCCCCCC1)c1ccccc1. The number of nitrogens with zero attached hydrogens (tertiary/aromatic N) is 1. The summed E-state index contributed by atoms with van der Waals surface area (Å²) in [6, 6.07) is 7.51. The Bertz CT molecular complexity index is 468. The molecule has 114 valence electrons. The number of hydrogen-bond acceptors (Lipinski definition) is 2. The van der Waals surface area contributed by atoms with E-state index in [1.807, 2.05) is 6.07 Å². The van der Waals surface area contributed by atoms with E-state index < -0.39 is 12.0 Å². The van der Waals surface area contributed by atoms with Crippen molar-refractivity contribution in [1.29, 1.82) is 0 Å². The van der Waals surface area contributed by atoms with Gasteiger partial charge in [-0.05, 0) is 18.4 Å². The van der Waals surface area contributed by atoms with Crippen LogP contribution in [0.15, 0.2) is 30.3 Å². The summed E-state index contributed by atoms with van der Waals surface area (Å²) in [5.74, 6) is -1.04. The average Bonchev–Trinajstić information content (AvgIpc) is 2.44. The molecule has 21 heavy (non-hydrogen) atoms. The first-order chi connectivity index (χ1) is 10.2. The first-order valence-corrected chi connectivity index (χ1v) is 7.51. The number of carbonyl (C=O) groups is 2. The summed E-state index contributed by atoms with van der Waals surface area (Å²) >= 11 is 0. The number of urea groups is 1. The Kier molecular flexibility index (Phi) is 5.60. The fourth-order valence-corrected chi connectivity index (χ4v) is 2.60. The summed E-state index contributed by atoms with van der Waals surface area (Å²) in [6.45, 7) is 1.40. The van der Waals surface area contributed by atoms with Gasteiger partial charge in [0.05, 0.1) is 0 Å². The third kappa shape index (κ3) is 4.48. The largest absolute Gasteiger partial charge is 0.479 e. The molecule has 0 radical (unpaired) electrons. The molecule has 1 aliphatic rings. The lowest BCUT2D eigenvalue weighted by Crippen LogP contribution is -2.44. The van der Waals surface area contributed by atoms with E-state index in [1.165, 1.54) is 6.42 Å². The molecule has 0 bridgehead atoms. The second-order valence-corrected chi connectivity index (χ2v) is 5.39. The van der Waals surface area contributed by atoms with Crippen LogP contribution in [-0.2, 0) is 4.79 Å². The smallest absolute Gasteiger partial charge is 0.330 e. The summed E-state index contributed by atoms with van der Waals surface area (Å²) in [5.41, 5.74) is 0.588. The summed E-state index contributed by atoms with van der Waals surface area (Å²) in [5, 5.41) is 12.0. The Balaban J connectivity index is 2.02. The van der Waals surface area contributed by atoms with Crippen molar-refractivity contribution in [3.05, 3.63) is 35.9 Å². The van der Waals surface area contributed by atoms with Gasteiger partial charge in [0.1, 0.15) is 0 Å². The zero-order chi connectivity index (χ0) is 15.1. The van der Waals surface area contributed by atoms with Gasteiger partial charge in [-0.15, -0.1) is 0 Å². The standard InChI is InChI=1S/C16H22N2O3/c19-15(20)14(13-9-5-4-6-10-13)17-16(21)18-11-7-2-1-3-8-12-18/h4-6,9-10,14H,1-3,7-8,11-12H2,(H,17,21)(H,19,20)/t14-/m1/s1. The summed E-state index contributed by atoms with van der Waals surface area (Å²) in [4.78, 5) is 25.4. The van der Waals surface area contributed by atoms with Crippen molar-refractivity contribution >= 4 is 12.0 Å². The lowest BCUT2D eigenvalue weighted by Gasteiger charge is -2.26. The predicted molar refractivity (Wildman–Crippen MR) is 80.0 cm³/mol. The number of carboxylic acids is 1. The van der Waals surface area contributed by atoms with Crippen molar-refractivity contribution in [3.63, 3.8) is 0 Å². The molecule has 2 rings (SSSR count). The normalized spacial score (nSPS) is 17.4. The van der Waals surface area contributed by atoms with E-state index in [4.69, 9.17) is 0 Å². The molecule has 0 aliphatic carbocycles. The van der Waals surface area contributed by atoms with Gasteiger partial charge in [-0.3, -0.25) is 0 Å². The molecule has 1 atom stereocenters. The molecule has 1 aromatic carbocycles. The number of hydrogen-bond donors (Lipinski definition) is 2. The van der Waals surface area contributed by atoms with E-state index in [-0.39, 0.29) is 6.03 Å². The summed E-state index contributed by atoms with van der Waals surface area (Å²) in [7, 11) is 0. The molecule has 5 nitrogen and oxygen atoms in total. The number of nitrogens with one attached hydrogen (secondary N) is 1. The van der Waals surface area contributed by atoms with Crippen molar-refractivity contribution in [3.8, 4) is 0 Å². The topological polar surface area (TPSA) is 69.6 Å². The predicted octanol–water partition coefficient (Wildman–Crippen LogP) is 2.79. The number of aliphatic carboxylic acids is 1. The Hall–Kier alpha value is -2.04. The number of benzene rings is 1. The molecule has 1 aliphatic heterocycles. The van der Waals surface area contributed by atoms with E-state index in [2.05, 4.69) is 5.32 Å². The molecule has 2 N–H and O–H groups in total. The van der Waals surface area contributed by atoms with Gasteiger partial charge >= 0.3 is 12.0 Å². The molecule has 2 amide bonds. The monoisotopic (exact) mass is 290 g/mol. The molecule has 0 spiro atoms. The molecule has 1 aromatic rings. The number of carboxylic acid groups (broad SMARTS) is 1. The van der Waals surface area contributed by atoms with Crippen molar-refractivity contribution in [1.82, 2.24) is 10.2 Å². The quantitative estimate of drug-likeness (QED) is 0.899. The van der Waals surface area contributed by atoms with Crippen LogP contribution in [0.25, 0.3) is 0 Å². The Morgan fingerprint density at radius 3 is 2.14 bits per heavy atom. The highest BCUT2D eigenvalue weighted by molar-refractivity contribution is 5.83. The fourth-order valence-electron chi connectivity index (χ4n) is 2.60. The van der Waals surface area contributed by atoms with Crippen LogP contribution in [0.3, 0.4) is 0 Å². The third-order valence-corrected chi connectivity index (χ3v) is 3.79. The van der Waals surface area contributed by atoms with E-state index in [0.29, 0.717) is 18.7 Å². The number of amides is 2. The highest BCUT2D eigenvalue weighted by atomic mass is 16.4. The van der Waals surface area contributed by atoms with Gasteiger partial charge in [0, 0.05) is 13.1 Å². The van der Waals surface area contributed by atoms with E-state index in [9.17, 15) is 14.7 Å². The summed E-state index contributed by atoms with van der Waals surface area (Å²) < 4.78 is 0. The Morgan fingerprint density at radius 1 is 1.00 bits per heavy atom. The zero-order valence-electron chi connectivity index (χ0n) is 12.1. The number of rotatable bonds is 3. The van der Waals surface area contributed by atoms with Crippen molar-refractivity contribution < 1.29 is 14.7 Å². The molecule has 0 aromatic heterocycles. The fraction of sp³-hybridized carbons (Fsp3) is 0.500. The Labute approximate surface area is 125 Å². The Morgan fingerprint density at radius 2 is 1.57 bits per heavy atom. The van der Waals surface area contributed by atoms with Crippen molar-refractivity contribution in [2.24, 2.45) is 0 Å². The van der Waals surface area contributed by atoms with Crippen molar-refractivity contribution in [2.75, 3.05) is 13.1 Å². The molecule has 1 heterocycles. The molecular weight excluding hydrogens is 268 g/mol. The molecule has 1 fully saturated rings. The van der Waals surface area contributed by atoms with Crippen LogP contribution < -0.4 is 5.32 Å². The van der Waals surface area contributed by atoms with Crippen LogP contribution in [0.1, 0.15) is 43.7 Å². The van der Waals surface area contributed by atoms with Crippen LogP contribution in [-0.4, -0.2) is 35.1 Å².